The topological polar surface area (TPSA) is 64.3 Å². The van der Waals surface area contributed by atoms with Crippen LogP contribution >= 0.6 is 31.9 Å². The summed E-state index contributed by atoms with van der Waals surface area (Å²) in [4.78, 5) is 11.8. The highest BCUT2D eigenvalue weighted by Crippen LogP contribution is 2.30. The van der Waals surface area contributed by atoms with Crippen LogP contribution in [0.1, 0.15) is 0 Å². The predicted molar refractivity (Wildman–Crippen MR) is 86.8 cm³/mol. The third kappa shape index (κ3) is 3.74. The molecule has 104 valence electrons. The van der Waals surface area contributed by atoms with E-state index in [0.717, 1.165) is 4.47 Å². The van der Waals surface area contributed by atoms with E-state index in [2.05, 4.69) is 37.2 Å². The number of carbonyl (C=O) groups excluding carboxylic acids is 1. The molecule has 1 amide bonds. The fourth-order valence-corrected chi connectivity index (χ4v) is 2.29. The van der Waals surface area contributed by atoms with Crippen molar-refractivity contribution in [3.8, 4) is 5.75 Å². The Kier molecular flexibility index (Phi) is 5.03. The van der Waals surface area contributed by atoms with Gasteiger partial charge >= 0.3 is 0 Å². The third-order valence-electron chi connectivity index (χ3n) is 2.50. The van der Waals surface area contributed by atoms with Crippen molar-refractivity contribution >= 4 is 49.1 Å². The average Bonchev–Trinajstić information content (AvgIpc) is 2.43. The van der Waals surface area contributed by atoms with E-state index in [4.69, 9.17) is 10.5 Å². The lowest BCUT2D eigenvalue weighted by atomic mass is 10.3. The monoisotopic (exact) mass is 398 g/mol. The van der Waals surface area contributed by atoms with Gasteiger partial charge in [-0.1, -0.05) is 18.2 Å². The first-order valence-electron chi connectivity index (χ1n) is 5.79. The summed E-state index contributed by atoms with van der Waals surface area (Å²) in [5.74, 6) is 0.290. The number of anilines is 2. The summed E-state index contributed by atoms with van der Waals surface area (Å²) in [5.41, 5.74) is 7.00. The zero-order valence-electron chi connectivity index (χ0n) is 10.4. The highest BCUT2D eigenvalue weighted by molar-refractivity contribution is 9.11. The average molecular weight is 400 g/mol. The molecule has 0 radical (unpaired) electrons. The number of nitrogens with two attached hydrogens (primary N) is 1. The normalized spacial score (nSPS) is 10.1. The van der Waals surface area contributed by atoms with Gasteiger partial charge in [-0.3, -0.25) is 4.79 Å². The molecule has 0 saturated carbocycles. The van der Waals surface area contributed by atoms with Crippen LogP contribution in [-0.4, -0.2) is 12.5 Å². The van der Waals surface area contributed by atoms with Crippen LogP contribution in [0.15, 0.2) is 51.4 Å². The van der Waals surface area contributed by atoms with Crippen LogP contribution < -0.4 is 15.8 Å². The van der Waals surface area contributed by atoms with E-state index >= 15 is 0 Å². The first kappa shape index (κ1) is 14.9. The van der Waals surface area contributed by atoms with Crippen molar-refractivity contribution in [3.05, 3.63) is 51.4 Å². The minimum absolute atomic E-state index is 0.0939. The Balaban J connectivity index is 1.96. The summed E-state index contributed by atoms with van der Waals surface area (Å²) in [5, 5.41) is 2.76. The van der Waals surface area contributed by atoms with Gasteiger partial charge in [0.25, 0.3) is 5.91 Å². The Hall–Kier alpha value is -1.53. The zero-order valence-corrected chi connectivity index (χ0v) is 13.6. The Morgan fingerprint density at radius 2 is 1.90 bits per heavy atom. The van der Waals surface area contributed by atoms with Gasteiger partial charge in [0, 0.05) is 10.2 Å². The van der Waals surface area contributed by atoms with Crippen molar-refractivity contribution in [2.75, 3.05) is 17.7 Å². The Labute approximate surface area is 133 Å². The molecule has 0 aliphatic carbocycles. The van der Waals surface area contributed by atoms with Crippen molar-refractivity contribution < 1.29 is 9.53 Å². The van der Waals surface area contributed by atoms with E-state index in [9.17, 15) is 4.79 Å². The van der Waals surface area contributed by atoms with Crippen molar-refractivity contribution in [3.63, 3.8) is 0 Å². The largest absolute Gasteiger partial charge is 0.483 e. The van der Waals surface area contributed by atoms with Crippen molar-refractivity contribution in [1.82, 2.24) is 0 Å². The molecule has 2 aromatic rings. The van der Waals surface area contributed by atoms with E-state index in [1.54, 1.807) is 24.3 Å². The van der Waals surface area contributed by atoms with Crippen LogP contribution in [0.5, 0.6) is 5.75 Å². The van der Waals surface area contributed by atoms with Gasteiger partial charge in [-0.25, -0.2) is 0 Å². The minimum atomic E-state index is -0.244. The molecule has 3 N–H and O–H groups in total. The number of amides is 1. The van der Waals surface area contributed by atoms with Gasteiger partial charge < -0.3 is 15.8 Å². The summed E-state index contributed by atoms with van der Waals surface area (Å²) in [6, 6.07) is 12.6. The molecule has 4 nitrogen and oxygen atoms in total. The van der Waals surface area contributed by atoms with Crippen LogP contribution in [0, 0.1) is 0 Å². The zero-order chi connectivity index (χ0) is 14.5. The molecule has 0 spiro atoms. The van der Waals surface area contributed by atoms with E-state index in [1.807, 2.05) is 18.2 Å². The van der Waals surface area contributed by atoms with Gasteiger partial charge in [-0.05, 0) is 56.1 Å². The maximum atomic E-state index is 11.8. The first-order chi connectivity index (χ1) is 9.58. The second-order valence-corrected chi connectivity index (χ2v) is 5.62. The lowest BCUT2D eigenvalue weighted by Gasteiger charge is -2.10. The van der Waals surface area contributed by atoms with Crippen LogP contribution in [0.3, 0.4) is 0 Å². The second-order valence-electron chi connectivity index (χ2n) is 3.98. The van der Waals surface area contributed by atoms with E-state index in [1.165, 1.54) is 0 Å². The predicted octanol–water partition coefficient (Wildman–Crippen LogP) is 3.81. The molecular weight excluding hydrogens is 388 g/mol. The molecule has 0 aromatic heterocycles. The van der Waals surface area contributed by atoms with E-state index in [-0.39, 0.29) is 12.5 Å². The molecular formula is C14H12Br2N2O2. The molecule has 0 fully saturated rings. The number of halogens is 2. The van der Waals surface area contributed by atoms with Crippen LogP contribution in [0.2, 0.25) is 0 Å². The number of carbonyl (C=O) groups is 1. The van der Waals surface area contributed by atoms with Crippen LogP contribution in [0.25, 0.3) is 0 Å². The molecule has 6 heteroatoms. The number of nitrogen functional groups attached to an aromatic ring is 1. The van der Waals surface area contributed by atoms with Crippen LogP contribution in [-0.2, 0) is 4.79 Å². The lowest BCUT2D eigenvalue weighted by molar-refractivity contribution is -0.118. The number of para-hydroxylation sites is 1. The quantitative estimate of drug-likeness (QED) is 0.768. The summed E-state index contributed by atoms with van der Waals surface area (Å²) in [6.07, 6.45) is 0. The SMILES string of the molecule is Nc1cccc(OCC(=O)Nc2ccccc2Br)c1Br. The Bertz CT molecular complexity index is 632. The van der Waals surface area contributed by atoms with Gasteiger partial charge in [0.05, 0.1) is 10.2 Å². The number of benzene rings is 2. The van der Waals surface area contributed by atoms with E-state index in [0.29, 0.717) is 21.6 Å². The van der Waals surface area contributed by atoms with Crippen molar-refractivity contribution in [2.45, 2.75) is 0 Å². The molecule has 2 rings (SSSR count). The highest BCUT2D eigenvalue weighted by atomic mass is 79.9. The molecule has 0 unspecified atom stereocenters. The number of rotatable bonds is 4. The standard InChI is InChI=1S/C14H12Br2N2O2/c15-9-4-1-2-6-11(9)18-13(19)8-20-12-7-3-5-10(17)14(12)16/h1-7H,8,17H2,(H,18,19). The highest BCUT2D eigenvalue weighted by Gasteiger charge is 2.08. The molecule has 0 heterocycles. The van der Waals surface area contributed by atoms with Gasteiger partial charge in [-0.15, -0.1) is 0 Å². The van der Waals surface area contributed by atoms with Crippen LogP contribution in [0.4, 0.5) is 11.4 Å². The minimum Gasteiger partial charge on any atom is -0.483 e. The third-order valence-corrected chi connectivity index (χ3v) is 4.04. The van der Waals surface area contributed by atoms with Gasteiger partial charge in [0.15, 0.2) is 6.61 Å². The molecule has 0 saturated heterocycles. The van der Waals surface area contributed by atoms with E-state index < -0.39 is 0 Å². The Morgan fingerprint density at radius 1 is 1.15 bits per heavy atom. The maximum absolute atomic E-state index is 11.8. The lowest BCUT2D eigenvalue weighted by Crippen LogP contribution is -2.20. The molecule has 2 aromatic carbocycles. The van der Waals surface area contributed by atoms with Crippen molar-refractivity contribution in [1.29, 1.82) is 0 Å². The number of nitrogens with one attached hydrogen (secondary N) is 1. The van der Waals surface area contributed by atoms with Crippen molar-refractivity contribution in [2.24, 2.45) is 0 Å². The van der Waals surface area contributed by atoms with Gasteiger partial charge in [0.2, 0.25) is 0 Å². The number of ether oxygens (including phenoxy) is 1. The molecule has 0 atom stereocenters. The maximum Gasteiger partial charge on any atom is 0.262 e. The fourth-order valence-electron chi connectivity index (χ4n) is 1.53. The smallest absolute Gasteiger partial charge is 0.262 e. The number of hydrogen-bond donors (Lipinski definition) is 2. The van der Waals surface area contributed by atoms with Gasteiger partial charge in [0.1, 0.15) is 5.75 Å². The second kappa shape index (κ2) is 6.76. The summed E-state index contributed by atoms with van der Waals surface area (Å²) in [6.45, 7) is -0.0939. The molecule has 0 aliphatic rings. The molecule has 20 heavy (non-hydrogen) atoms. The first-order valence-corrected chi connectivity index (χ1v) is 7.37. The van der Waals surface area contributed by atoms with Gasteiger partial charge in [-0.2, -0.15) is 0 Å². The summed E-state index contributed by atoms with van der Waals surface area (Å²) < 4.78 is 6.90. The molecule has 0 bridgehead atoms. The molecule has 0 aliphatic heterocycles. The number of hydrogen-bond acceptors (Lipinski definition) is 3. The fraction of sp³-hybridized carbons (Fsp3) is 0.0714. The Morgan fingerprint density at radius 3 is 2.65 bits per heavy atom. The summed E-state index contributed by atoms with van der Waals surface area (Å²) in [7, 11) is 0. The summed E-state index contributed by atoms with van der Waals surface area (Å²) >= 11 is 6.68.